The van der Waals surface area contributed by atoms with Crippen molar-refractivity contribution < 1.29 is 0 Å². The van der Waals surface area contributed by atoms with Crippen LogP contribution in [0.3, 0.4) is 0 Å². The minimum Gasteiger partial charge on any atom is -0.343 e. The number of hydrogen-bond donors (Lipinski definition) is 1. The Hall–Kier alpha value is -2.09. The lowest BCUT2D eigenvalue weighted by Gasteiger charge is -2.26. The Bertz CT molecular complexity index is 809. The van der Waals surface area contributed by atoms with Gasteiger partial charge in [0.25, 0.3) is 0 Å². The van der Waals surface area contributed by atoms with E-state index in [1.807, 2.05) is 0 Å². The highest BCUT2D eigenvalue weighted by Gasteiger charge is 2.21. The van der Waals surface area contributed by atoms with Crippen molar-refractivity contribution in [2.45, 2.75) is 73.6 Å². The molecule has 2 heteroatoms. The van der Waals surface area contributed by atoms with Gasteiger partial charge >= 0.3 is 0 Å². The number of nitrogens with zero attached hydrogens (tertiary/aromatic N) is 1. The molecule has 1 aliphatic carbocycles. The van der Waals surface area contributed by atoms with Gasteiger partial charge in [0, 0.05) is 11.6 Å². The Morgan fingerprint density at radius 2 is 1.22 bits per heavy atom. The van der Waals surface area contributed by atoms with E-state index >= 15 is 0 Å². The second-order valence-electron chi connectivity index (χ2n) is 8.48. The molecule has 1 fully saturated rings. The number of nitrogens with one attached hydrogen (secondary N) is 1. The van der Waals surface area contributed by atoms with E-state index in [9.17, 15) is 0 Å². The molecule has 0 aliphatic heterocycles. The minimum absolute atomic E-state index is 0.527. The number of aliphatic imine (C=N–C) groups is 1. The maximum atomic E-state index is 5.23. The fourth-order valence-electron chi connectivity index (χ4n) is 4.57. The van der Waals surface area contributed by atoms with Crippen LogP contribution in [0.5, 0.6) is 0 Å². The van der Waals surface area contributed by atoms with Crippen molar-refractivity contribution in [3.05, 3.63) is 57.6 Å². The summed E-state index contributed by atoms with van der Waals surface area (Å²) >= 11 is 0. The van der Waals surface area contributed by atoms with Gasteiger partial charge in [-0.25, -0.2) is 4.99 Å². The van der Waals surface area contributed by atoms with E-state index in [1.54, 1.807) is 0 Å². The lowest BCUT2D eigenvalue weighted by atomic mass is 9.88. The second-order valence-corrected chi connectivity index (χ2v) is 8.48. The average molecular weight is 363 g/mol. The van der Waals surface area contributed by atoms with Crippen molar-refractivity contribution in [1.82, 2.24) is 0 Å². The summed E-state index contributed by atoms with van der Waals surface area (Å²) < 4.78 is 0. The zero-order valence-corrected chi connectivity index (χ0v) is 17.9. The standard InChI is InChI=1S/C25H34N2/c1-16-12-18(3)23(19(4)13-16)26-25(22-10-8-7-9-11-22)27-24-20(5)14-17(2)15-21(24)6/h12-15,22H,7-11H2,1-6H3,(H,26,27). The Labute approximate surface area is 165 Å². The van der Waals surface area contributed by atoms with Gasteiger partial charge in [-0.05, 0) is 76.6 Å². The second kappa shape index (κ2) is 8.29. The van der Waals surface area contributed by atoms with E-state index < -0.39 is 0 Å². The van der Waals surface area contributed by atoms with Crippen molar-refractivity contribution in [3.63, 3.8) is 0 Å². The molecule has 1 aliphatic rings. The summed E-state index contributed by atoms with van der Waals surface area (Å²) in [6.07, 6.45) is 6.45. The summed E-state index contributed by atoms with van der Waals surface area (Å²) in [4.78, 5) is 5.23. The molecular weight excluding hydrogens is 328 g/mol. The van der Waals surface area contributed by atoms with Gasteiger partial charge in [0.2, 0.25) is 0 Å². The first kappa shape index (κ1) is 19.7. The lowest BCUT2D eigenvalue weighted by molar-refractivity contribution is 0.439. The first-order valence-corrected chi connectivity index (χ1v) is 10.4. The molecule has 27 heavy (non-hydrogen) atoms. The number of benzene rings is 2. The first-order chi connectivity index (χ1) is 12.8. The van der Waals surface area contributed by atoms with Gasteiger partial charge in [-0.1, -0.05) is 54.7 Å². The van der Waals surface area contributed by atoms with E-state index in [4.69, 9.17) is 4.99 Å². The van der Waals surface area contributed by atoms with E-state index in [0.717, 1.165) is 11.5 Å². The SMILES string of the molecule is Cc1cc(C)c(N=C(Nc2c(C)cc(C)cc2C)C2CCCCC2)c(C)c1. The van der Waals surface area contributed by atoms with Crippen LogP contribution in [0.25, 0.3) is 0 Å². The molecule has 0 amide bonds. The van der Waals surface area contributed by atoms with Gasteiger partial charge in [0.05, 0.1) is 5.69 Å². The Balaban J connectivity index is 2.05. The molecule has 2 aromatic carbocycles. The van der Waals surface area contributed by atoms with E-state index in [-0.39, 0.29) is 0 Å². The van der Waals surface area contributed by atoms with Crippen LogP contribution in [0.4, 0.5) is 11.4 Å². The Kier molecular flexibility index (Phi) is 6.04. The average Bonchev–Trinajstić information content (AvgIpc) is 2.59. The smallest absolute Gasteiger partial charge is 0.110 e. The molecular formula is C25H34N2. The molecule has 3 rings (SSSR count). The fraction of sp³-hybridized carbons (Fsp3) is 0.480. The van der Waals surface area contributed by atoms with Crippen LogP contribution < -0.4 is 5.32 Å². The molecule has 0 bridgehead atoms. The van der Waals surface area contributed by atoms with Gasteiger partial charge in [0.1, 0.15) is 5.84 Å². The van der Waals surface area contributed by atoms with E-state index in [2.05, 4.69) is 71.1 Å². The number of anilines is 1. The maximum absolute atomic E-state index is 5.23. The molecule has 2 aromatic rings. The van der Waals surface area contributed by atoms with Gasteiger partial charge in [-0.3, -0.25) is 0 Å². The van der Waals surface area contributed by atoms with Crippen molar-refractivity contribution in [3.8, 4) is 0 Å². The van der Waals surface area contributed by atoms with Crippen LogP contribution in [-0.2, 0) is 0 Å². The summed E-state index contributed by atoms with van der Waals surface area (Å²) in [7, 11) is 0. The molecule has 0 unspecified atom stereocenters. The third kappa shape index (κ3) is 4.61. The Morgan fingerprint density at radius 1 is 0.741 bits per heavy atom. The highest BCUT2D eigenvalue weighted by atomic mass is 15.0. The van der Waals surface area contributed by atoms with Gasteiger partial charge in [-0.2, -0.15) is 0 Å². The van der Waals surface area contributed by atoms with E-state index in [1.165, 1.54) is 71.2 Å². The van der Waals surface area contributed by atoms with Crippen molar-refractivity contribution in [1.29, 1.82) is 0 Å². The normalized spacial score (nSPS) is 15.9. The molecule has 0 saturated heterocycles. The number of amidine groups is 1. The minimum atomic E-state index is 0.527. The van der Waals surface area contributed by atoms with E-state index in [0.29, 0.717) is 5.92 Å². The quantitative estimate of drug-likeness (QED) is 0.451. The fourth-order valence-corrected chi connectivity index (χ4v) is 4.57. The summed E-state index contributed by atoms with van der Waals surface area (Å²) in [6.45, 7) is 13.1. The predicted octanol–water partition coefficient (Wildman–Crippen LogP) is 7.26. The molecule has 2 nitrogen and oxygen atoms in total. The van der Waals surface area contributed by atoms with Crippen LogP contribution in [0, 0.1) is 47.5 Å². The highest BCUT2D eigenvalue weighted by Crippen LogP contribution is 2.32. The number of aryl methyl sites for hydroxylation is 6. The summed E-state index contributed by atoms with van der Waals surface area (Å²) in [5, 5.41) is 3.78. The molecule has 1 saturated carbocycles. The zero-order valence-electron chi connectivity index (χ0n) is 17.9. The molecule has 0 spiro atoms. The summed E-state index contributed by atoms with van der Waals surface area (Å²) in [6, 6.07) is 9.01. The van der Waals surface area contributed by atoms with Crippen molar-refractivity contribution >= 4 is 17.2 Å². The van der Waals surface area contributed by atoms with Crippen LogP contribution in [0.1, 0.15) is 65.5 Å². The van der Waals surface area contributed by atoms with Gasteiger partial charge < -0.3 is 5.32 Å². The monoisotopic (exact) mass is 362 g/mol. The predicted molar refractivity (Wildman–Crippen MR) is 119 cm³/mol. The number of rotatable bonds is 3. The highest BCUT2D eigenvalue weighted by molar-refractivity contribution is 6.00. The zero-order chi connectivity index (χ0) is 19.6. The number of hydrogen-bond acceptors (Lipinski definition) is 1. The third-order valence-corrected chi connectivity index (χ3v) is 5.79. The van der Waals surface area contributed by atoms with Crippen LogP contribution in [-0.4, -0.2) is 5.84 Å². The van der Waals surface area contributed by atoms with Crippen LogP contribution in [0.2, 0.25) is 0 Å². The van der Waals surface area contributed by atoms with Crippen molar-refractivity contribution in [2.24, 2.45) is 10.9 Å². The molecule has 144 valence electrons. The van der Waals surface area contributed by atoms with Crippen molar-refractivity contribution in [2.75, 3.05) is 5.32 Å². The third-order valence-electron chi connectivity index (χ3n) is 5.79. The molecule has 0 radical (unpaired) electrons. The lowest BCUT2D eigenvalue weighted by Crippen LogP contribution is -2.26. The van der Waals surface area contributed by atoms with Gasteiger partial charge in [0.15, 0.2) is 0 Å². The molecule has 0 aromatic heterocycles. The summed E-state index contributed by atoms with van der Waals surface area (Å²) in [5.74, 6) is 1.68. The van der Waals surface area contributed by atoms with Gasteiger partial charge in [-0.15, -0.1) is 0 Å². The largest absolute Gasteiger partial charge is 0.343 e. The first-order valence-electron chi connectivity index (χ1n) is 10.4. The van der Waals surface area contributed by atoms with Crippen LogP contribution >= 0.6 is 0 Å². The molecule has 0 heterocycles. The topological polar surface area (TPSA) is 24.4 Å². The van der Waals surface area contributed by atoms with Crippen LogP contribution in [0.15, 0.2) is 29.3 Å². The summed E-state index contributed by atoms with van der Waals surface area (Å²) in [5.41, 5.74) is 10.1. The molecule has 0 atom stereocenters. The maximum Gasteiger partial charge on any atom is 0.110 e. The molecule has 1 N–H and O–H groups in total. The Morgan fingerprint density at radius 3 is 1.74 bits per heavy atom.